The lowest BCUT2D eigenvalue weighted by Crippen LogP contribution is -2.46. The number of aryl methyl sites for hydroxylation is 1. The molecule has 0 bridgehead atoms. The Kier molecular flexibility index (Phi) is 4.59. The summed E-state index contributed by atoms with van der Waals surface area (Å²) >= 11 is 0. The quantitative estimate of drug-likeness (QED) is 0.473. The van der Waals surface area contributed by atoms with E-state index in [2.05, 4.69) is 53.0 Å². The van der Waals surface area contributed by atoms with Gasteiger partial charge in [0.1, 0.15) is 18.5 Å². The maximum absolute atomic E-state index is 4.33. The minimum atomic E-state index is 0.288. The Hall–Kier alpha value is -3.23. The fourth-order valence-corrected chi connectivity index (χ4v) is 3.10. The summed E-state index contributed by atoms with van der Waals surface area (Å²) in [5, 5.41) is 17.9. The Morgan fingerprint density at radius 1 is 1.35 bits per heavy atom. The van der Waals surface area contributed by atoms with Crippen LogP contribution in [0.3, 0.4) is 0 Å². The summed E-state index contributed by atoms with van der Waals surface area (Å²) in [6.45, 7) is 1.47. The largest absolute Gasteiger partial charge is 0.352 e. The topological polar surface area (TPSA) is 109 Å². The molecule has 1 aliphatic rings. The molecule has 2 aromatic heterocycles. The van der Waals surface area contributed by atoms with E-state index in [9.17, 15) is 0 Å². The third-order valence-electron chi connectivity index (χ3n) is 4.45. The zero-order chi connectivity index (χ0) is 17.8. The smallest absolute Gasteiger partial charge is 0.191 e. The Morgan fingerprint density at radius 3 is 3.15 bits per heavy atom. The molecule has 0 fully saturated rings. The van der Waals surface area contributed by atoms with Crippen LogP contribution in [0.25, 0.3) is 11.4 Å². The van der Waals surface area contributed by atoms with Gasteiger partial charge in [-0.3, -0.25) is 10.1 Å². The van der Waals surface area contributed by atoms with E-state index in [0.717, 1.165) is 48.1 Å². The average molecular weight is 351 g/mol. The number of hydrogen-bond donors (Lipinski definition) is 3. The van der Waals surface area contributed by atoms with Crippen LogP contribution in [0.4, 0.5) is 0 Å². The van der Waals surface area contributed by atoms with Crippen LogP contribution in [0, 0.1) is 0 Å². The highest BCUT2D eigenvalue weighted by Gasteiger charge is 2.20. The molecule has 0 aliphatic carbocycles. The van der Waals surface area contributed by atoms with E-state index in [4.69, 9.17) is 0 Å². The van der Waals surface area contributed by atoms with Crippen LogP contribution in [-0.4, -0.2) is 49.0 Å². The van der Waals surface area contributed by atoms with Crippen LogP contribution in [0.1, 0.15) is 17.8 Å². The summed E-state index contributed by atoms with van der Waals surface area (Å²) in [5.41, 5.74) is 2.15. The van der Waals surface area contributed by atoms with E-state index in [1.54, 1.807) is 13.4 Å². The average Bonchev–Trinajstić information content (AvgIpc) is 3.36. The first kappa shape index (κ1) is 16.2. The van der Waals surface area contributed by atoms with Gasteiger partial charge in [-0.05, 0) is 18.1 Å². The zero-order valence-corrected chi connectivity index (χ0v) is 14.6. The second-order valence-corrected chi connectivity index (χ2v) is 6.20. The van der Waals surface area contributed by atoms with Crippen molar-refractivity contribution in [3.8, 4) is 11.4 Å². The number of rotatable bonds is 4. The highest BCUT2D eigenvalue weighted by atomic mass is 15.4. The van der Waals surface area contributed by atoms with Crippen LogP contribution < -0.4 is 10.6 Å². The van der Waals surface area contributed by atoms with Crippen molar-refractivity contribution in [3.05, 3.63) is 48.3 Å². The second-order valence-electron chi connectivity index (χ2n) is 6.20. The molecule has 9 heteroatoms. The molecule has 1 unspecified atom stereocenters. The molecule has 26 heavy (non-hydrogen) atoms. The van der Waals surface area contributed by atoms with Crippen molar-refractivity contribution in [2.45, 2.75) is 32.0 Å². The molecule has 1 aliphatic heterocycles. The molecule has 1 aromatic carbocycles. The third-order valence-corrected chi connectivity index (χ3v) is 4.45. The zero-order valence-electron chi connectivity index (χ0n) is 14.6. The van der Waals surface area contributed by atoms with Gasteiger partial charge >= 0.3 is 0 Å². The molecule has 0 spiro atoms. The molecule has 9 nitrogen and oxygen atoms in total. The van der Waals surface area contributed by atoms with Gasteiger partial charge in [0.05, 0.1) is 6.54 Å². The van der Waals surface area contributed by atoms with Crippen LogP contribution in [0.5, 0.6) is 0 Å². The highest BCUT2D eigenvalue weighted by Crippen LogP contribution is 2.15. The Bertz CT molecular complexity index is 881. The number of nitrogens with zero attached hydrogens (tertiary/aromatic N) is 6. The molecule has 3 aromatic rings. The number of fused-ring (bicyclic) bond motifs is 1. The third kappa shape index (κ3) is 3.56. The Labute approximate surface area is 151 Å². The second kappa shape index (κ2) is 7.34. The molecule has 134 valence electrons. The summed E-state index contributed by atoms with van der Waals surface area (Å²) in [6, 6.07) is 8.47. The molecule has 3 heterocycles. The van der Waals surface area contributed by atoms with Gasteiger partial charge in [-0.15, -0.1) is 0 Å². The number of hydrogen-bond acceptors (Lipinski definition) is 5. The fraction of sp³-hybridized carbons (Fsp3) is 0.353. The van der Waals surface area contributed by atoms with Crippen molar-refractivity contribution in [1.82, 2.24) is 40.6 Å². The number of nitrogens with one attached hydrogen (secondary N) is 3. The van der Waals surface area contributed by atoms with Crippen molar-refractivity contribution in [1.29, 1.82) is 0 Å². The fourth-order valence-electron chi connectivity index (χ4n) is 3.10. The predicted molar refractivity (Wildman–Crippen MR) is 97.3 cm³/mol. The summed E-state index contributed by atoms with van der Waals surface area (Å²) in [6.07, 6.45) is 5.07. The first-order chi connectivity index (χ1) is 12.8. The standard InChI is InChI=1S/C17H21N9/c1-18-17(24-14-5-6-15-20-11-23-26(15)9-14)19-8-12-3-2-4-13(7-12)16-21-10-22-25-16/h2-4,7,10-11,14H,5-6,8-9H2,1H3,(H2,18,19,24)(H,21,22,25). The molecule has 0 amide bonds. The molecule has 1 atom stereocenters. The van der Waals surface area contributed by atoms with Crippen molar-refractivity contribution >= 4 is 5.96 Å². The van der Waals surface area contributed by atoms with E-state index in [0.29, 0.717) is 6.54 Å². The highest BCUT2D eigenvalue weighted by molar-refractivity contribution is 5.80. The van der Waals surface area contributed by atoms with Gasteiger partial charge in [-0.1, -0.05) is 18.2 Å². The maximum atomic E-state index is 4.33. The molecule has 4 rings (SSSR count). The van der Waals surface area contributed by atoms with E-state index in [1.165, 1.54) is 6.33 Å². The minimum Gasteiger partial charge on any atom is -0.352 e. The van der Waals surface area contributed by atoms with Crippen LogP contribution in [-0.2, 0) is 19.5 Å². The monoisotopic (exact) mass is 351 g/mol. The molecule has 0 saturated heterocycles. The van der Waals surface area contributed by atoms with Crippen LogP contribution in [0.15, 0.2) is 41.9 Å². The van der Waals surface area contributed by atoms with E-state index < -0.39 is 0 Å². The van der Waals surface area contributed by atoms with Crippen LogP contribution in [0.2, 0.25) is 0 Å². The lowest BCUT2D eigenvalue weighted by molar-refractivity contribution is 0.392. The van der Waals surface area contributed by atoms with E-state index in [-0.39, 0.29) is 6.04 Å². The van der Waals surface area contributed by atoms with Gasteiger partial charge in [0.25, 0.3) is 0 Å². The van der Waals surface area contributed by atoms with E-state index >= 15 is 0 Å². The summed E-state index contributed by atoms with van der Waals surface area (Å²) in [5.74, 6) is 2.60. The molecular weight excluding hydrogens is 330 g/mol. The predicted octanol–water partition coefficient (Wildman–Crippen LogP) is 0.743. The first-order valence-corrected chi connectivity index (χ1v) is 8.60. The van der Waals surface area contributed by atoms with Gasteiger partial charge in [0, 0.05) is 31.6 Å². The minimum absolute atomic E-state index is 0.288. The SMILES string of the molecule is CN=C(NCc1cccc(-c2ncn[nH]2)c1)NC1CCc2ncnn2C1. The van der Waals surface area contributed by atoms with Crippen molar-refractivity contribution in [2.24, 2.45) is 4.99 Å². The molecule has 0 saturated carbocycles. The van der Waals surface area contributed by atoms with Gasteiger partial charge in [0.15, 0.2) is 11.8 Å². The van der Waals surface area contributed by atoms with E-state index in [1.807, 2.05) is 16.8 Å². The van der Waals surface area contributed by atoms with Crippen molar-refractivity contribution < 1.29 is 0 Å². The normalized spacial score (nSPS) is 17.0. The number of benzene rings is 1. The molecular formula is C17H21N9. The Balaban J connectivity index is 1.35. The summed E-state index contributed by atoms with van der Waals surface area (Å²) < 4.78 is 1.95. The lowest BCUT2D eigenvalue weighted by Gasteiger charge is -2.25. The number of aromatic nitrogens is 6. The number of guanidine groups is 1. The summed E-state index contributed by atoms with van der Waals surface area (Å²) in [4.78, 5) is 12.8. The lowest BCUT2D eigenvalue weighted by atomic mass is 10.1. The molecule has 0 radical (unpaired) electrons. The van der Waals surface area contributed by atoms with Gasteiger partial charge in [0.2, 0.25) is 0 Å². The Morgan fingerprint density at radius 2 is 2.31 bits per heavy atom. The van der Waals surface area contributed by atoms with Gasteiger partial charge in [-0.25, -0.2) is 14.6 Å². The number of aliphatic imine (C=N–C) groups is 1. The number of H-pyrrole nitrogens is 1. The maximum Gasteiger partial charge on any atom is 0.191 e. The van der Waals surface area contributed by atoms with Crippen molar-refractivity contribution in [2.75, 3.05) is 7.05 Å². The van der Waals surface area contributed by atoms with Gasteiger partial charge in [-0.2, -0.15) is 10.2 Å². The van der Waals surface area contributed by atoms with Crippen LogP contribution >= 0.6 is 0 Å². The molecule has 3 N–H and O–H groups in total. The first-order valence-electron chi connectivity index (χ1n) is 8.60. The summed E-state index contributed by atoms with van der Waals surface area (Å²) in [7, 11) is 1.78. The van der Waals surface area contributed by atoms with Gasteiger partial charge < -0.3 is 10.6 Å². The number of aromatic amines is 1. The van der Waals surface area contributed by atoms with Crippen molar-refractivity contribution in [3.63, 3.8) is 0 Å².